The first-order valence-electron chi connectivity index (χ1n) is 7.89. The minimum Gasteiger partial charge on any atom is -0.356 e. The average Bonchev–Trinajstić information content (AvgIpc) is 2.50. The number of benzene rings is 1. The Kier molecular flexibility index (Phi) is 12.4. The second kappa shape index (κ2) is 13.2. The molecule has 1 rings (SSSR count). The Morgan fingerprint density at radius 2 is 1.78 bits per heavy atom. The highest BCUT2D eigenvalue weighted by Gasteiger charge is 2.03. The number of rotatable bonds is 8. The standard InChI is InChI=1S/C17H28N4O.HI/c1-14(2)21-16(22)11-13-20-17(18-3)19-12-7-10-15-8-5-4-6-9-15;/h4-6,8-9,14H,7,10-13H2,1-3H3,(H,21,22)(H2,18,19,20);1H. The third kappa shape index (κ3) is 11.0. The van der Waals surface area contributed by atoms with Crippen LogP contribution in [0, 0.1) is 0 Å². The molecule has 3 N–H and O–H groups in total. The van der Waals surface area contributed by atoms with Gasteiger partial charge in [-0.15, -0.1) is 24.0 Å². The monoisotopic (exact) mass is 432 g/mol. The van der Waals surface area contributed by atoms with Crippen LogP contribution in [0.3, 0.4) is 0 Å². The molecule has 1 aromatic rings. The molecule has 0 saturated heterocycles. The number of carbonyl (C=O) groups is 1. The van der Waals surface area contributed by atoms with Crippen LogP contribution in [0.2, 0.25) is 0 Å². The quantitative estimate of drug-likeness (QED) is 0.256. The predicted molar refractivity (Wildman–Crippen MR) is 107 cm³/mol. The second-order valence-corrected chi connectivity index (χ2v) is 5.49. The van der Waals surface area contributed by atoms with Crippen molar-refractivity contribution in [2.45, 2.75) is 39.2 Å². The van der Waals surface area contributed by atoms with Crippen molar-refractivity contribution in [2.24, 2.45) is 4.99 Å². The smallest absolute Gasteiger partial charge is 0.221 e. The van der Waals surface area contributed by atoms with Gasteiger partial charge in [0, 0.05) is 32.6 Å². The molecular formula is C17H29IN4O. The zero-order valence-corrected chi connectivity index (χ0v) is 16.6. The van der Waals surface area contributed by atoms with E-state index in [1.54, 1.807) is 7.05 Å². The van der Waals surface area contributed by atoms with E-state index in [0.717, 1.165) is 25.3 Å². The van der Waals surface area contributed by atoms with Crippen LogP contribution >= 0.6 is 24.0 Å². The first-order chi connectivity index (χ1) is 10.6. The molecule has 130 valence electrons. The molecule has 0 aliphatic carbocycles. The van der Waals surface area contributed by atoms with Crippen molar-refractivity contribution in [2.75, 3.05) is 20.1 Å². The Balaban J connectivity index is 0.00000484. The fraction of sp³-hybridized carbons (Fsp3) is 0.529. The molecule has 0 fully saturated rings. The minimum atomic E-state index is 0. The van der Waals surface area contributed by atoms with Crippen LogP contribution in [0.25, 0.3) is 0 Å². The van der Waals surface area contributed by atoms with E-state index in [1.165, 1.54) is 5.56 Å². The van der Waals surface area contributed by atoms with Crippen molar-refractivity contribution >= 4 is 35.8 Å². The number of nitrogens with zero attached hydrogens (tertiary/aromatic N) is 1. The molecule has 1 amide bonds. The van der Waals surface area contributed by atoms with Crippen LogP contribution in [0.4, 0.5) is 0 Å². The number of aliphatic imine (C=N–C) groups is 1. The van der Waals surface area contributed by atoms with Gasteiger partial charge in [0.1, 0.15) is 0 Å². The number of aryl methyl sites for hydroxylation is 1. The molecule has 0 aromatic heterocycles. The summed E-state index contributed by atoms with van der Waals surface area (Å²) in [6.07, 6.45) is 2.53. The molecule has 0 radical (unpaired) electrons. The van der Waals surface area contributed by atoms with Gasteiger partial charge in [-0.2, -0.15) is 0 Å². The highest BCUT2D eigenvalue weighted by atomic mass is 127. The highest BCUT2D eigenvalue weighted by molar-refractivity contribution is 14.0. The molecule has 5 nitrogen and oxygen atoms in total. The van der Waals surface area contributed by atoms with Gasteiger partial charge in [-0.25, -0.2) is 0 Å². The number of carbonyl (C=O) groups excluding carboxylic acids is 1. The summed E-state index contributed by atoms with van der Waals surface area (Å²) < 4.78 is 0. The van der Waals surface area contributed by atoms with Crippen molar-refractivity contribution in [3.05, 3.63) is 35.9 Å². The third-order valence-corrected chi connectivity index (χ3v) is 3.10. The molecule has 0 heterocycles. The van der Waals surface area contributed by atoms with Crippen LogP contribution in [-0.4, -0.2) is 38.0 Å². The largest absolute Gasteiger partial charge is 0.356 e. The molecule has 0 spiro atoms. The molecule has 0 aliphatic heterocycles. The van der Waals surface area contributed by atoms with Crippen LogP contribution in [-0.2, 0) is 11.2 Å². The lowest BCUT2D eigenvalue weighted by molar-refractivity contribution is -0.121. The molecule has 0 atom stereocenters. The lowest BCUT2D eigenvalue weighted by Gasteiger charge is -2.12. The van der Waals surface area contributed by atoms with Crippen LogP contribution in [0.1, 0.15) is 32.3 Å². The van der Waals surface area contributed by atoms with Gasteiger partial charge in [0.05, 0.1) is 0 Å². The molecule has 1 aromatic carbocycles. The lowest BCUT2D eigenvalue weighted by atomic mass is 10.1. The van der Waals surface area contributed by atoms with Crippen molar-refractivity contribution in [1.29, 1.82) is 0 Å². The van der Waals surface area contributed by atoms with E-state index in [9.17, 15) is 4.79 Å². The van der Waals surface area contributed by atoms with Gasteiger partial charge >= 0.3 is 0 Å². The maximum absolute atomic E-state index is 11.5. The van der Waals surface area contributed by atoms with E-state index in [0.29, 0.717) is 13.0 Å². The van der Waals surface area contributed by atoms with Crippen molar-refractivity contribution in [3.8, 4) is 0 Å². The Morgan fingerprint density at radius 1 is 1.13 bits per heavy atom. The van der Waals surface area contributed by atoms with Gasteiger partial charge in [0.25, 0.3) is 0 Å². The Hall–Kier alpha value is -1.31. The molecular weight excluding hydrogens is 403 g/mol. The molecule has 0 bridgehead atoms. The summed E-state index contributed by atoms with van der Waals surface area (Å²) in [5.74, 6) is 0.799. The topological polar surface area (TPSA) is 65.5 Å². The fourth-order valence-electron chi connectivity index (χ4n) is 2.05. The predicted octanol–water partition coefficient (Wildman–Crippen LogP) is 2.32. The Labute approximate surface area is 156 Å². The maximum Gasteiger partial charge on any atom is 0.221 e. The average molecular weight is 432 g/mol. The number of guanidine groups is 1. The van der Waals surface area contributed by atoms with Gasteiger partial charge < -0.3 is 16.0 Å². The van der Waals surface area contributed by atoms with E-state index in [4.69, 9.17) is 0 Å². The summed E-state index contributed by atoms with van der Waals surface area (Å²) in [4.78, 5) is 15.7. The summed E-state index contributed by atoms with van der Waals surface area (Å²) in [6.45, 7) is 5.35. The summed E-state index contributed by atoms with van der Waals surface area (Å²) in [6, 6.07) is 10.6. The normalized spacial score (nSPS) is 10.9. The van der Waals surface area contributed by atoms with Gasteiger partial charge in [0.2, 0.25) is 5.91 Å². The van der Waals surface area contributed by atoms with Crippen molar-refractivity contribution in [1.82, 2.24) is 16.0 Å². The summed E-state index contributed by atoms with van der Waals surface area (Å²) in [5, 5.41) is 9.28. The van der Waals surface area contributed by atoms with E-state index >= 15 is 0 Å². The number of hydrogen-bond donors (Lipinski definition) is 3. The highest BCUT2D eigenvalue weighted by Crippen LogP contribution is 2.01. The zero-order valence-electron chi connectivity index (χ0n) is 14.3. The summed E-state index contributed by atoms with van der Waals surface area (Å²) >= 11 is 0. The third-order valence-electron chi connectivity index (χ3n) is 3.10. The Morgan fingerprint density at radius 3 is 2.39 bits per heavy atom. The van der Waals surface area contributed by atoms with E-state index in [1.807, 2.05) is 19.9 Å². The van der Waals surface area contributed by atoms with E-state index in [-0.39, 0.29) is 35.9 Å². The molecule has 23 heavy (non-hydrogen) atoms. The second-order valence-electron chi connectivity index (χ2n) is 5.49. The first-order valence-corrected chi connectivity index (χ1v) is 7.89. The number of nitrogens with one attached hydrogen (secondary N) is 3. The number of hydrogen-bond acceptors (Lipinski definition) is 2. The van der Waals surface area contributed by atoms with Crippen LogP contribution in [0.5, 0.6) is 0 Å². The lowest BCUT2D eigenvalue weighted by Crippen LogP contribution is -2.40. The first kappa shape index (κ1) is 21.7. The molecule has 0 aliphatic rings. The van der Waals surface area contributed by atoms with Gasteiger partial charge in [-0.3, -0.25) is 9.79 Å². The summed E-state index contributed by atoms with van der Waals surface area (Å²) in [5.41, 5.74) is 1.35. The maximum atomic E-state index is 11.5. The minimum absolute atomic E-state index is 0. The Bertz CT molecular complexity index is 463. The van der Waals surface area contributed by atoms with Gasteiger partial charge in [-0.1, -0.05) is 30.3 Å². The molecule has 6 heteroatoms. The zero-order chi connectivity index (χ0) is 16.2. The fourth-order valence-corrected chi connectivity index (χ4v) is 2.05. The summed E-state index contributed by atoms with van der Waals surface area (Å²) in [7, 11) is 1.74. The van der Waals surface area contributed by atoms with Gasteiger partial charge in [-0.05, 0) is 32.3 Å². The van der Waals surface area contributed by atoms with E-state index in [2.05, 4.69) is 45.2 Å². The van der Waals surface area contributed by atoms with Crippen LogP contribution in [0.15, 0.2) is 35.3 Å². The van der Waals surface area contributed by atoms with Crippen molar-refractivity contribution in [3.63, 3.8) is 0 Å². The number of halogens is 1. The van der Waals surface area contributed by atoms with Gasteiger partial charge in [0.15, 0.2) is 5.96 Å². The molecule has 0 saturated carbocycles. The SMILES string of the molecule is CN=C(NCCCc1ccccc1)NCCC(=O)NC(C)C.I. The molecule has 0 unspecified atom stereocenters. The van der Waals surface area contributed by atoms with Crippen LogP contribution < -0.4 is 16.0 Å². The van der Waals surface area contributed by atoms with Crippen molar-refractivity contribution < 1.29 is 4.79 Å². The number of amides is 1. The van der Waals surface area contributed by atoms with E-state index < -0.39 is 0 Å².